The summed E-state index contributed by atoms with van der Waals surface area (Å²) in [6, 6.07) is 11.2. The molecule has 136 valence electrons. The summed E-state index contributed by atoms with van der Waals surface area (Å²) in [5.41, 5.74) is 3.04. The number of amides is 2. The minimum atomic E-state index is -0.431. The number of benzene rings is 2. The number of hydrogen-bond acceptors (Lipinski definition) is 5. The molecule has 0 spiro atoms. The standard InChI is InChI=1S/C19H20N2O5/c1-12-10-15(18(23)26-3)8-9-16(12)21-19(24)20-11-13-4-6-14(7-5-13)17(22)25-2/h4-10H,11H2,1-3H3,(H2,20,21,24). The summed E-state index contributed by atoms with van der Waals surface area (Å²) in [6.45, 7) is 2.08. The Bertz CT molecular complexity index is 815. The number of hydrogen-bond donors (Lipinski definition) is 2. The van der Waals surface area contributed by atoms with Gasteiger partial charge in [-0.1, -0.05) is 12.1 Å². The molecular formula is C19H20N2O5. The Kier molecular flexibility index (Phi) is 6.32. The van der Waals surface area contributed by atoms with Crippen LogP contribution in [0.2, 0.25) is 0 Å². The molecule has 0 heterocycles. The van der Waals surface area contributed by atoms with Gasteiger partial charge in [-0.2, -0.15) is 0 Å². The second-order valence-corrected chi connectivity index (χ2v) is 5.52. The number of anilines is 1. The monoisotopic (exact) mass is 356 g/mol. The van der Waals surface area contributed by atoms with E-state index in [-0.39, 0.29) is 6.03 Å². The molecule has 2 aromatic rings. The average molecular weight is 356 g/mol. The van der Waals surface area contributed by atoms with E-state index in [0.29, 0.717) is 23.4 Å². The highest BCUT2D eigenvalue weighted by Crippen LogP contribution is 2.17. The normalized spacial score (nSPS) is 9.96. The van der Waals surface area contributed by atoms with Crippen molar-refractivity contribution in [3.8, 4) is 0 Å². The number of nitrogens with one attached hydrogen (secondary N) is 2. The van der Waals surface area contributed by atoms with Gasteiger partial charge in [0.25, 0.3) is 0 Å². The summed E-state index contributed by atoms with van der Waals surface area (Å²) >= 11 is 0. The second-order valence-electron chi connectivity index (χ2n) is 5.52. The van der Waals surface area contributed by atoms with Crippen LogP contribution in [0.4, 0.5) is 10.5 Å². The van der Waals surface area contributed by atoms with Crippen LogP contribution < -0.4 is 10.6 Å². The first-order valence-corrected chi connectivity index (χ1v) is 7.85. The van der Waals surface area contributed by atoms with Gasteiger partial charge in [0.05, 0.1) is 25.3 Å². The Morgan fingerprint density at radius 1 is 0.885 bits per heavy atom. The zero-order valence-corrected chi connectivity index (χ0v) is 14.8. The van der Waals surface area contributed by atoms with Crippen LogP contribution >= 0.6 is 0 Å². The zero-order chi connectivity index (χ0) is 19.1. The lowest BCUT2D eigenvalue weighted by atomic mass is 10.1. The molecule has 7 heteroatoms. The van der Waals surface area contributed by atoms with Crippen LogP contribution in [-0.4, -0.2) is 32.2 Å². The first kappa shape index (κ1) is 19.0. The van der Waals surface area contributed by atoms with Crippen molar-refractivity contribution < 1.29 is 23.9 Å². The van der Waals surface area contributed by atoms with Crippen LogP contribution in [0.5, 0.6) is 0 Å². The number of carbonyl (C=O) groups is 3. The molecule has 0 unspecified atom stereocenters. The summed E-state index contributed by atoms with van der Waals surface area (Å²) < 4.78 is 9.30. The molecule has 0 aromatic heterocycles. The van der Waals surface area contributed by atoms with Crippen LogP contribution in [0.1, 0.15) is 31.8 Å². The topological polar surface area (TPSA) is 93.7 Å². The number of aryl methyl sites for hydroxylation is 1. The van der Waals surface area contributed by atoms with Crippen LogP contribution in [0.3, 0.4) is 0 Å². The highest BCUT2D eigenvalue weighted by molar-refractivity contribution is 5.93. The van der Waals surface area contributed by atoms with Crippen LogP contribution in [-0.2, 0) is 16.0 Å². The summed E-state index contributed by atoms with van der Waals surface area (Å²) in [6.07, 6.45) is 0. The Labute approximate surface area is 151 Å². The Balaban J connectivity index is 1.92. The first-order valence-electron chi connectivity index (χ1n) is 7.85. The molecule has 2 amide bonds. The van der Waals surface area contributed by atoms with Crippen molar-refractivity contribution in [3.63, 3.8) is 0 Å². The largest absolute Gasteiger partial charge is 0.465 e. The molecule has 0 saturated heterocycles. The fourth-order valence-corrected chi connectivity index (χ4v) is 2.27. The van der Waals surface area contributed by atoms with Crippen molar-refractivity contribution in [1.29, 1.82) is 0 Å². The number of ether oxygens (including phenoxy) is 2. The Morgan fingerprint density at radius 3 is 2.04 bits per heavy atom. The van der Waals surface area contributed by atoms with Crippen molar-refractivity contribution in [3.05, 3.63) is 64.7 Å². The van der Waals surface area contributed by atoms with Crippen molar-refractivity contribution in [2.45, 2.75) is 13.5 Å². The van der Waals surface area contributed by atoms with E-state index in [1.165, 1.54) is 14.2 Å². The minimum Gasteiger partial charge on any atom is -0.465 e. The van der Waals surface area contributed by atoms with E-state index in [1.807, 2.05) is 0 Å². The van der Waals surface area contributed by atoms with Gasteiger partial charge in [-0.05, 0) is 48.4 Å². The predicted molar refractivity (Wildman–Crippen MR) is 96.2 cm³/mol. The molecule has 0 atom stereocenters. The van der Waals surface area contributed by atoms with Gasteiger partial charge >= 0.3 is 18.0 Å². The molecule has 0 radical (unpaired) electrons. The number of methoxy groups -OCH3 is 2. The van der Waals surface area contributed by atoms with Crippen molar-refractivity contribution in [2.75, 3.05) is 19.5 Å². The summed E-state index contributed by atoms with van der Waals surface area (Å²) in [4.78, 5) is 34.9. The summed E-state index contributed by atoms with van der Waals surface area (Å²) in [5, 5.41) is 5.46. The quantitative estimate of drug-likeness (QED) is 0.804. The van der Waals surface area contributed by atoms with E-state index in [2.05, 4.69) is 20.1 Å². The number of carbonyl (C=O) groups excluding carboxylic acids is 3. The number of urea groups is 1. The molecule has 2 N–H and O–H groups in total. The lowest BCUT2D eigenvalue weighted by Crippen LogP contribution is -2.28. The molecule has 0 aliphatic rings. The molecule has 2 aromatic carbocycles. The second kappa shape index (κ2) is 8.66. The molecule has 7 nitrogen and oxygen atoms in total. The third-order valence-electron chi connectivity index (χ3n) is 3.72. The molecular weight excluding hydrogens is 336 g/mol. The van der Waals surface area contributed by atoms with Crippen molar-refractivity contribution in [2.24, 2.45) is 0 Å². The maximum Gasteiger partial charge on any atom is 0.337 e. The summed E-state index contributed by atoms with van der Waals surface area (Å²) in [5.74, 6) is -0.840. The number of rotatable bonds is 5. The lowest BCUT2D eigenvalue weighted by molar-refractivity contribution is 0.0592. The molecule has 0 fully saturated rings. The van der Waals surface area contributed by atoms with Gasteiger partial charge in [0.2, 0.25) is 0 Å². The third-order valence-corrected chi connectivity index (χ3v) is 3.72. The van der Waals surface area contributed by atoms with E-state index in [4.69, 9.17) is 0 Å². The highest BCUT2D eigenvalue weighted by atomic mass is 16.5. The summed E-state index contributed by atoms with van der Waals surface area (Å²) in [7, 11) is 2.64. The smallest absolute Gasteiger partial charge is 0.337 e. The fraction of sp³-hybridized carbons (Fsp3) is 0.211. The molecule has 0 bridgehead atoms. The molecule has 0 aliphatic carbocycles. The van der Waals surface area contributed by atoms with E-state index in [0.717, 1.165) is 11.1 Å². The first-order chi connectivity index (χ1) is 12.4. The van der Waals surface area contributed by atoms with Gasteiger partial charge in [0.15, 0.2) is 0 Å². The average Bonchev–Trinajstić information content (AvgIpc) is 2.67. The van der Waals surface area contributed by atoms with Gasteiger partial charge in [0.1, 0.15) is 0 Å². The van der Waals surface area contributed by atoms with Crippen LogP contribution in [0.15, 0.2) is 42.5 Å². The predicted octanol–water partition coefficient (Wildman–Crippen LogP) is 2.89. The number of esters is 2. The van der Waals surface area contributed by atoms with E-state index >= 15 is 0 Å². The third kappa shape index (κ3) is 4.83. The van der Waals surface area contributed by atoms with Gasteiger partial charge in [-0.15, -0.1) is 0 Å². The lowest BCUT2D eigenvalue weighted by Gasteiger charge is -2.11. The Hall–Kier alpha value is -3.35. The van der Waals surface area contributed by atoms with Crippen LogP contribution in [0, 0.1) is 6.92 Å². The van der Waals surface area contributed by atoms with Crippen molar-refractivity contribution >= 4 is 23.7 Å². The van der Waals surface area contributed by atoms with Gasteiger partial charge < -0.3 is 20.1 Å². The van der Waals surface area contributed by atoms with Gasteiger partial charge in [-0.25, -0.2) is 14.4 Å². The molecule has 0 aliphatic heterocycles. The van der Waals surface area contributed by atoms with Gasteiger partial charge in [-0.3, -0.25) is 0 Å². The maximum absolute atomic E-state index is 12.0. The SMILES string of the molecule is COC(=O)c1ccc(CNC(=O)Nc2ccc(C(=O)OC)cc2C)cc1. The highest BCUT2D eigenvalue weighted by Gasteiger charge is 2.10. The maximum atomic E-state index is 12.0. The van der Waals surface area contributed by atoms with E-state index in [9.17, 15) is 14.4 Å². The Morgan fingerprint density at radius 2 is 1.46 bits per heavy atom. The molecule has 26 heavy (non-hydrogen) atoms. The van der Waals surface area contributed by atoms with E-state index < -0.39 is 11.9 Å². The zero-order valence-electron chi connectivity index (χ0n) is 14.8. The van der Waals surface area contributed by atoms with Crippen LogP contribution in [0.25, 0.3) is 0 Å². The fourth-order valence-electron chi connectivity index (χ4n) is 2.27. The minimum absolute atomic E-state index is 0.298. The van der Waals surface area contributed by atoms with Crippen molar-refractivity contribution in [1.82, 2.24) is 5.32 Å². The molecule has 2 rings (SSSR count). The van der Waals surface area contributed by atoms with E-state index in [1.54, 1.807) is 49.4 Å². The van der Waals surface area contributed by atoms with Gasteiger partial charge in [0, 0.05) is 12.2 Å². The molecule has 0 saturated carbocycles.